The van der Waals surface area contributed by atoms with Crippen LogP contribution >= 0.6 is 47.6 Å². The van der Waals surface area contributed by atoms with Crippen molar-refractivity contribution in [2.75, 3.05) is 25.9 Å². The number of rotatable bonds is 20. The SMILES string of the molecule is CN(N=Cc1ccc(ON=PN=PP=N)cc1)[P+](=S)Oc1ccc(CCNC(=O)CCCC(C[P+](O)(O)O)C[P+](O)(O)O)cc1. The van der Waals surface area contributed by atoms with Gasteiger partial charge in [0, 0.05) is 18.9 Å². The largest absolute Gasteiger partial charge is 0.540 e. The Balaban J connectivity index is 1.72. The van der Waals surface area contributed by atoms with E-state index in [-0.39, 0.29) is 18.7 Å². The molecule has 1 unspecified atom stereocenters. The molecule has 2 aromatic rings. The van der Waals surface area contributed by atoms with Gasteiger partial charge in [0.15, 0.2) is 11.5 Å². The molecular weight excluding hydrogens is 722 g/mol. The first-order chi connectivity index (χ1) is 21.2. The van der Waals surface area contributed by atoms with Crippen LogP contribution in [0.2, 0.25) is 0 Å². The van der Waals surface area contributed by atoms with Crippen molar-refractivity contribution in [2.45, 2.75) is 25.7 Å². The maximum atomic E-state index is 12.2. The van der Waals surface area contributed by atoms with E-state index >= 15 is 0 Å². The minimum Gasteiger partial charge on any atom is -0.356 e. The number of carbonyl (C=O) groups is 1. The fraction of sp³-hybridized carbons (Fsp3) is 0.391. The van der Waals surface area contributed by atoms with Gasteiger partial charge in [0.25, 0.3) is 0 Å². The minimum atomic E-state index is -4.16. The number of nitrogens with zero attached hydrogens (tertiary/aromatic N) is 4. The van der Waals surface area contributed by atoms with Crippen molar-refractivity contribution < 1.29 is 43.5 Å². The lowest BCUT2D eigenvalue weighted by molar-refractivity contribution is -0.121. The summed E-state index contributed by atoms with van der Waals surface area (Å²) < 4.78 is 11.3. The van der Waals surface area contributed by atoms with Crippen molar-refractivity contribution in [3.63, 3.8) is 0 Å². The van der Waals surface area contributed by atoms with Crippen molar-refractivity contribution in [3.8, 4) is 11.5 Å². The van der Waals surface area contributed by atoms with Crippen molar-refractivity contribution in [1.82, 2.24) is 10.1 Å². The van der Waals surface area contributed by atoms with E-state index in [0.717, 1.165) is 11.1 Å². The first-order valence-corrected chi connectivity index (χ1v) is 22.2. The lowest BCUT2D eigenvalue weighted by atomic mass is 10.1. The summed E-state index contributed by atoms with van der Waals surface area (Å²) in [5, 5.41) is 14.1. The van der Waals surface area contributed by atoms with Crippen LogP contribution in [0.4, 0.5) is 0 Å². The van der Waals surface area contributed by atoms with Crippen molar-refractivity contribution in [3.05, 3.63) is 59.7 Å². The third-order valence-electron chi connectivity index (χ3n) is 5.66. The normalized spacial score (nSPS) is 12.8. The molecule has 22 heteroatoms. The van der Waals surface area contributed by atoms with Crippen LogP contribution in [0.3, 0.4) is 0 Å². The maximum absolute atomic E-state index is 12.2. The van der Waals surface area contributed by atoms with Crippen LogP contribution in [-0.2, 0) is 23.0 Å². The van der Waals surface area contributed by atoms with Gasteiger partial charge < -0.3 is 10.2 Å². The number of nitrogens with one attached hydrogen (secondary N) is 2. The summed E-state index contributed by atoms with van der Waals surface area (Å²) in [6.07, 6.45) is 1.86. The maximum Gasteiger partial charge on any atom is 0.540 e. The summed E-state index contributed by atoms with van der Waals surface area (Å²) >= 11 is 5.47. The van der Waals surface area contributed by atoms with Crippen LogP contribution in [0, 0.1) is 11.1 Å². The van der Waals surface area contributed by atoms with Gasteiger partial charge in [-0.05, 0) is 71.7 Å². The molecule has 0 saturated heterocycles. The van der Waals surface area contributed by atoms with Gasteiger partial charge in [0.1, 0.15) is 12.3 Å². The Labute approximate surface area is 272 Å². The first-order valence-electron chi connectivity index (χ1n) is 13.1. The summed E-state index contributed by atoms with van der Waals surface area (Å²) in [4.78, 5) is 76.9. The summed E-state index contributed by atoms with van der Waals surface area (Å²) in [5.41, 5.74) is 1.79. The molecule has 8 N–H and O–H groups in total. The molecule has 0 aliphatic heterocycles. The highest BCUT2D eigenvalue weighted by Gasteiger charge is 2.42. The quantitative estimate of drug-likeness (QED) is 0.0455. The zero-order valence-electron chi connectivity index (χ0n) is 24.0. The molecule has 45 heavy (non-hydrogen) atoms. The van der Waals surface area contributed by atoms with Gasteiger partial charge in [-0.15, -0.1) is 5.10 Å². The van der Waals surface area contributed by atoms with Crippen LogP contribution in [0.15, 0.2) is 63.1 Å². The summed E-state index contributed by atoms with van der Waals surface area (Å²) in [6, 6.07) is 14.4. The third kappa shape index (κ3) is 19.0. The Morgan fingerprint density at radius 3 is 2.29 bits per heavy atom. The molecule has 0 aliphatic carbocycles. The van der Waals surface area contributed by atoms with Crippen LogP contribution in [-0.4, -0.2) is 72.2 Å². The van der Waals surface area contributed by atoms with Gasteiger partial charge in [0.2, 0.25) is 26.2 Å². The number of hydrogen-bond acceptors (Lipinski definition) is 13. The smallest absolute Gasteiger partial charge is 0.356 e. The second kappa shape index (κ2) is 20.6. The predicted octanol–water partition coefficient (Wildman–Crippen LogP) is 5.82. The van der Waals surface area contributed by atoms with Crippen molar-refractivity contribution >= 4 is 71.5 Å². The molecule has 2 rings (SSSR count). The fourth-order valence-corrected chi connectivity index (χ4v) is 8.11. The Kier molecular flexibility index (Phi) is 18.1. The number of hydrogen-bond donors (Lipinski definition) is 8. The van der Waals surface area contributed by atoms with E-state index in [9.17, 15) is 34.2 Å². The molecule has 1 atom stereocenters. The Morgan fingerprint density at radius 2 is 1.69 bits per heavy atom. The average Bonchev–Trinajstić information content (AvgIpc) is 2.95. The van der Waals surface area contributed by atoms with Crippen LogP contribution in [0.25, 0.3) is 0 Å². The van der Waals surface area contributed by atoms with E-state index in [4.69, 9.17) is 26.3 Å². The van der Waals surface area contributed by atoms with Gasteiger partial charge >= 0.3 is 23.0 Å². The number of hydrazone groups is 1. The highest BCUT2D eigenvalue weighted by molar-refractivity contribution is 8.02. The highest BCUT2D eigenvalue weighted by atomic mass is 32.4. The molecule has 2 aromatic carbocycles. The van der Waals surface area contributed by atoms with Crippen LogP contribution in [0.5, 0.6) is 11.5 Å². The zero-order chi connectivity index (χ0) is 33.3. The van der Waals surface area contributed by atoms with Gasteiger partial charge in [-0.3, -0.25) is 14.5 Å². The molecule has 0 aromatic heterocycles. The molecular formula is C23H35N6O9P6S+3. The molecule has 0 spiro atoms. The van der Waals surface area contributed by atoms with Crippen LogP contribution in [0.1, 0.15) is 30.4 Å². The van der Waals surface area contributed by atoms with E-state index in [1.165, 1.54) is 0 Å². The minimum absolute atomic E-state index is 0.115. The fourth-order valence-electron chi connectivity index (χ4n) is 3.71. The topological polar surface area (TPSA) is 233 Å². The van der Waals surface area contributed by atoms with Gasteiger partial charge in [-0.1, -0.05) is 16.9 Å². The Bertz CT molecular complexity index is 1310. The summed E-state index contributed by atoms with van der Waals surface area (Å²) in [6.45, 7) is 0.383. The Morgan fingerprint density at radius 1 is 1.07 bits per heavy atom. The number of amides is 1. The van der Waals surface area contributed by atoms with Crippen LogP contribution < -0.4 is 14.7 Å². The van der Waals surface area contributed by atoms with E-state index in [0.29, 0.717) is 55.5 Å². The standard InChI is InChI=1S/C23H34N6O9P6S/c1-29(26-15-19-7-9-21(10-8-19)37-27-40-28-41-39-24)42(45)38-22-11-5-18(6-12-22)13-14-25-23(30)4-2-3-20(16-43(31,32)33)17-44(34,35)36/h5-12,15,20,24,31-36H,2-4,13-14,16-17H2,1H3/q+2/p+1. The van der Waals surface area contributed by atoms with Gasteiger partial charge in [0.05, 0.1) is 29.4 Å². The van der Waals surface area contributed by atoms with Gasteiger partial charge in [-0.2, -0.15) is 33.9 Å². The molecule has 15 nitrogen and oxygen atoms in total. The second-order valence-electron chi connectivity index (χ2n) is 9.43. The van der Waals surface area contributed by atoms with E-state index in [1.54, 1.807) is 42.3 Å². The van der Waals surface area contributed by atoms with E-state index < -0.39 is 41.2 Å². The first kappa shape index (κ1) is 39.6. The zero-order valence-corrected chi connectivity index (χ0v) is 30.2. The average molecular weight is 757 g/mol. The lowest BCUT2D eigenvalue weighted by Gasteiger charge is -2.16. The lowest BCUT2D eigenvalue weighted by Crippen LogP contribution is -2.25. The molecule has 1 amide bonds. The molecule has 0 bridgehead atoms. The monoisotopic (exact) mass is 757 g/mol. The second-order valence-corrected chi connectivity index (χ2v) is 17.7. The summed E-state index contributed by atoms with van der Waals surface area (Å²) in [5.74, 6) is 0.151. The molecule has 0 heterocycles. The molecule has 0 fully saturated rings. The number of benzene rings is 2. The van der Waals surface area contributed by atoms with E-state index in [2.05, 4.69) is 19.8 Å². The predicted molar refractivity (Wildman–Crippen MR) is 183 cm³/mol. The summed E-state index contributed by atoms with van der Waals surface area (Å²) in [7, 11) is -6.65. The Hall–Kier alpha value is -1.58. The van der Waals surface area contributed by atoms with Crippen molar-refractivity contribution in [2.24, 2.45) is 20.4 Å². The third-order valence-corrected chi connectivity index (χ3v) is 11.4. The highest BCUT2D eigenvalue weighted by Crippen LogP contribution is 2.53. The molecule has 244 valence electrons. The van der Waals surface area contributed by atoms with E-state index in [1.807, 2.05) is 24.3 Å². The number of carbonyl (C=O) groups excluding carboxylic acids is 1. The molecule has 0 radical (unpaired) electrons. The molecule has 0 saturated carbocycles. The van der Waals surface area contributed by atoms with Gasteiger partial charge in [-0.25, -0.2) is 0 Å². The van der Waals surface area contributed by atoms with Crippen molar-refractivity contribution in [1.29, 1.82) is 5.16 Å². The molecule has 0 aliphatic rings.